The summed E-state index contributed by atoms with van der Waals surface area (Å²) in [5.74, 6) is -0.0512. The van der Waals surface area contributed by atoms with Crippen molar-refractivity contribution in [3.63, 3.8) is 0 Å². The average molecular weight is 367 g/mol. The molecule has 26 heavy (non-hydrogen) atoms. The molecule has 0 spiro atoms. The lowest BCUT2D eigenvalue weighted by Gasteiger charge is -2.04. The summed E-state index contributed by atoms with van der Waals surface area (Å²) in [7, 11) is 0. The maximum absolute atomic E-state index is 12.6. The predicted octanol–water partition coefficient (Wildman–Crippen LogP) is 5.79. The molecule has 5 heteroatoms. The van der Waals surface area contributed by atoms with Gasteiger partial charge in [0.25, 0.3) is 0 Å². The molecule has 4 rings (SSSR count). The van der Waals surface area contributed by atoms with E-state index in [0.717, 1.165) is 5.39 Å². The van der Waals surface area contributed by atoms with Crippen LogP contribution >= 0.6 is 11.6 Å². The number of carbonyl (C=O) groups is 1. The van der Waals surface area contributed by atoms with Crippen molar-refractivity contribution in [2.24, 2.45) is 0 Å². The third-order valence-corrected chi connectivity index (χ3v) is 4.48. The van der Waals surface area contributed by atoms with Crippen molar-refractivity contribution < 1.29 is 19.1 Å². The third-order valence-electron chi connectivity index (χ3n) is 4.24. The van der Waals surface area contributed by atoms with Crippen molar-refractivity contribution in [1.29, 1.82) is 0 Å². The molecule has 1 heterocycles. The molecule has 3 aromatic carbocycles. The number of phenolic OH excluding ortho intramolecular Hbond substituents is 1. The van der Waals surface area contributed by atoms with Crippen molar-refractivity contribution in [2.75, 3.05) is 6.61 Å². The standard InChI is InChI=1S/C21H15ClO4/c1-2-25-21(24)18-16-11-17(23)14-8-3-4-9-15(14)20(16)26-19(18)12-6-5-7-13(22)10-12/h3-11,23H,2H2,1H3. The molecule has 4 nitrogen and oxygen atoms in total. The zero-order chi connectivity index (χ0) is 18.3. The fourth-order valence-corrected chi connectivity index (χ4v) is 3.33. The summed E-state index contributed by atoms with van der Waals surface area (Å²) < 4.78 is 11.3. The van der Waals surface area contributed by atoms with Crippen LogP contribution in [0.25, 0.3) is 33.1 Å². The van der Waals surface area contributed by atoms with Crippen LogP contribution in [0.1, 0.15) is 17.3 Å². The van der Waals surface area contributed by atoms with Crippen LogP contribution in [-0.4, -0.2) is 17.7 Å². The number of phenols is 1. The SMILES string of the molecule is CCOC(=O)c1c(-c2cccc(Cl)c2)oc2c1cc(O)c1ccccc12. The van der Waals surface area contributed by atoms with Gasteiger partial charge in [-0.15, -0.1) is 0 Å². The van der Waals surface area contributed by atoms with Gasteiger partial charge < -0.3 is 14.3 Å². The van der Waals surface area contributed by atoms with E-state index in [-0.39, 0.29) is 17.9 Å². The monoisotopic (exact) mass is 366 g/mol. The van der Waals surface area contributed by atoms with Crippen molar-refractivity contribution >= 4 is 39.3 Å². The van der Waals surface area contributed by atoms with E-state index in [9.17, 15) is 9.90 Å². The number of rotatable bonds is 3. The molecule has 0 unspecified atom stereocenters. The third kappa shape index (κ3) is 2.59. The number of furan rings is 1. The van der Waals surface area contributed by atoms with Gasteiger partial charge in [-0.1, -0.05) is 48.0 Å². The van der Waals surface area contributed by atoms with Gasteiger partial charge in [0.2, 0.25) is 0 Å². The molecule has 130 valence electrons. The number of esters is 1. The lowest BCUT2D eigenvalue weighted by Crippen LogP contribution is -2.05. The predicted molar refractivity (Wildman–Crippen MR) is 102 cm³/mol. The molecule has 0 bridgehead atoms. The molecular formula is C21H15ClO4. The summed E-state index contributed by atoms with van der Waals surface area (Å²) in [6.45, 7) is 1.98. The number of hydrogen-bond acceptors (Lipinski definition) is 4. The molecule has 0 fully saturated rings. The number of aromatic hydroxyl groups is 1. The van der Waals surface area contributed by atoms with E-state index in [2.05, 4.69) is 0 Å². The second-order valence-electron chi connectivity index (χ2n) is 5.85. The lowest BCUT2D eigenvalue weighted by atomic mass is 10.0. The first-order chi connectivity index (χ1) is 12.6. The second kappa shape index (κ2) is 6.39. The van der Waals surface area contributed by atoms with Gasteiger partial charge in [-0.3, -0.25) is 0 Å². The highest BCUT2D eigenvalue weighted by Crippen LogP contribution is 2.41. The zero-order valence-electron chi connectivity index (χ0n) is 14.0. The molecule has 1 N–H and O–H groups in total. The number of fused-ring (bicyclic) bond motifs is 3. The van der Waals surface area contributed by atoms with Crippen molar-refractivity contribution in [3.8, 4) is 17.1 Å². The van der Waals surface area contributed by atoms with E-state index < -0.39 is 5.97 Å². The van der Waals surface area contributed by atoms with Crippen molar-refractivity contribution in [3.05, 3.63) is 65.2 Å². The van der Waals surface area contributed by atoms with Crippen LogP contribution in [0.3, 0.4) is 0 Å². The summed E-state index contributed by atoms with van der Waals surface area (Å²) >= 11 is 6.11. The minimum Gasteiger partial charge on any atom is -0.507 e. The van der Waals surface area contributed by atoms with E-state index in [0.29, 0.717) is 32.7 Å². The average Bonchev–Trinajstić information content (AvgIpc) is 3.02. The Bertz CT molecular complexity index is 1140. The van der Waals surface area contributed by atoms with Gasteiger partial charge in [-0.25, -0.2) is 4.79 Å². The quantitative estimate of drug-likeness (QED) is 0.466. The highest BCUT2D eigenvalue weighted by atomic mass is 35.5. The topological polar surface area (TPSA) is 59.7 Å². The Labute approximate surface area is 154 Å². The van der Waals surface area contributed by atoms with Crippen LogP contribution < -0.4 is 0 Å². The molecule has 1 aromatic heterocycles. The second-order valence-corrected chi connectivity index (χ2v) is 6.29. The minimum absolute atomic E-state index is 0.0806. The summed E-state index contributed by atoms with van der Waals surface area (Å²) in [5.41, 5.74) is 1.47. The molecular weight excluding hydrogens is 352 g/mol. The summed E-state index contributed by atoms with van der Waals surface area (Å²) in [5, 5.41) is 12.8. The Morgan fingerprint density at radius 3 is 2.58 bits per heavy atom. The molecule has 0 radical (unpaired) electrons. The fourth-order valence-electron chi connectivity index (χ4n) is 3.14. The smallest absolute Gasteiger partial charge is 0.342 e. The van der Waals surface area contributed by atoms with E-state index >= 15 is 0 Å². The largest absolute Gasteiger partial charge is 0.507 e. The van der Waals surface area contributed by atoms with Crippen LogP contribution in [0, 0.1) is 0 Å². The van der Waals surface area contributed by atoms with Crippen LogP contribution in [0.4, 0.5) is 0 Å². The summed E-state index contributed by atoms with van der Waals surface area (Å²) in [6, 6.07) is 16.0. The first kappa shape index (κ1) is 16.5. The van der Waals surface area contributed by atoms with Gasteiger partial charge in [0, 0.05) is 26.7 Å². The van der Waals surface area contributed by atoms with Gasteiger partial charge in [0.1, 0.15) is 22.7 Å². The summed E-state index contributed by atoms with van der Waals surface area (Å²) in [4.78, 5) is 12.6. The van der Waals surface area contributed by atoms with Crippen molar-refractivity contribution in [1.82, 2.24) is 0 Å². The van der Waals surface area contributed by atoms with Crippen LogP contribution in [-0.2, 0) is 4.74 Å². The molecule has 0 saturated carbocycles. The number of halogens is 1. The normalized spacial score (nSPS) is 11.2. The zero-order valence-corrected chi connectivity index (χ0v) is 14.7. The highest BCUT2D eigenvalue weighted by molar-refractivity contribution is 6.31. The Morgan fingerprint density at radius 2 is 1.85 bits per heavy atom. The van der Waals surface area contributed by atoms with E-state index in [1.54, 1.807) is 37.3 Å². The maximum Gasteiger partial charge on any atom is 0.342 e. The van der Waals surface area contributed by atoms with Gasteiger partial charge >= 0.3 is 5.97 Å². The maximum atomic E-state index is 12.6. The molecule has 0 aliphatic rings. The Balaban J connectivity index is 2.12. The van der Waals surface area contributed by atoms with E-state index in [1.165, 1.54) is 0 Å². The molecule has 0 aliphatic carbocycles. The molecule has 0 amide bonds. The molecule has 0 aliphatic heterocycles. The fraction of sp³-hybridized carbons (Fsp3) is 0.0952. The molecule has 0 saturated heterocycles. The number of carbonyl (C=O) groups excluding carboxylic acids is 1. The Kier molecular flexibility index (Phi) is 4.05. The van der Waals surface area contributed by atoms with Gasteiger partial charge in [-0.2, -0.15) is 0 Å². The van der Waals surface area contributed by atoms with Gasteiger partial charge in [-0.05, 0) is 25.1 Å². The minimum atomic E-state index is -0.504. The first-order valence-corrected chi connectivity index (χ1v) is 8.58. The van der Waals surface area contributed by atoms with E-state index in [4.69, 9.17) is 20.8 Å². The number of hydrogen-bond donors (Lipinski definition) is 1. The molecule has 4 aromatic rings. The van der Waals surface area contributed by atoms with Gasteiger partial charge in [0.15, 0.2) is 0 Å². The Morgan fingerprint density at radius 1 is 1.08 bits per heavy atom. The van der Waals surface area contributed by atoms with E-state index in [1.807, 2.05) is 24.3 Å². The first-order valence-electron chi connectivity index (χ1n) is 8.20. The van der Waals surface area contributed by atoms with Crippen LogP contribution in [0.2, 0.25) is 5.02 Å². The van der Waals surface area contributed by atoms with Crippen LogP contribution in [0.15, 0.2) is 59.0 Å². The summed E-state index contributed by atoms with van der Waals surface area (Å²) in [6.07, 6.45) is 0. The number of benzene rings is 3. The molecule has 0 atom stereocenters. The number of ether oxygens (including phenoxy) is 1. The Hall–Kier alpha value is -2.98. The van der Waals surface area contributed by atoms with Crippen molar-refractivity contribution in [2.45, 2.75) is 6.92 Å². The lowest BCUT2D eigenvalue weighted by molar-refractivity contribution is 0.0529. The highest BCUT2D eigenvalue weighted by Gasteiger charge is 2.25. The van der Waals surface area contributed by atoms with Crippen LogP contribution in [0.5, 0.6) is 5.75 Å². The van der Waals surface area contributed by atoms with Gasteiger partial charge in [0.05, 0.1) is 6.61 Å².